The first-order valence-electron chi connectivity index (χ1n) is 6.83. The van der Waals surface area contributed by atoms with Crippen molar-refractivity contribution in [3.8, 4) is 0 Å². The number of morpholine rings is 1. The van der Waals surface area contributed by atoms with E-state index in [4.69, 9.17) is 4.74 Å². The van der Waals surface area contributed by atoms with E-state index >= 15 is 0 Å². The molecule has 1 aromatic heterocycles. The fourth-order valence-corrected chi connectivity index (χ4v) is 2.90. The zero-order valence-electron chi connectivity index (χ0n) is 11.2. The van der Waals surface area contributed by atoms with E-state index in [0.29, 0.717) is 0 Å². The van der Waals surface area contributed by atoms with Crippen LogP contribution in [0.25, 0.3) is 0 Å². The quantitative estimate of drug-likeness (QED) is 0.767. The highest BCUT2D eigenvalue weighted by Gasteiger charge is 2.12. The Morgan fingerprint density at radius 1 is 1.44 bits per heavy atom. The lowest BCUT2D eigenvalue weighted by Gasteiger charge is -2.25. The van der Waals surface area contributed by atoms with E-state index in [9.17, 15) is 0 Å². The molecule has 4 nitrogen and oxygen atoms in total. The van der Waals surface area contributed by atoms with Gasteiger partial charge in [-0.2, -0.15) is 0 Å². The summed E-state index contributed by atoms with van der Waals surface area (Å²) in [5, 5.41) is 4.68. The SMILES string of the molecule is CCCCNCc1cnc(CN2CCOCC2)s1. The lowest BCUT2D eigenvalue weighted by molar-refractivity contribution is 0.0341. The van der Waals surface area contributed by atoms with Gasteiger partial charge in [0.2, 0.25) is 0 Å². The smallest absolute Gasteiger partial charge is 0.107 e. The van der Waals surface area contributed by atoms with Crippen molar-refractivity contribution < 1.29 is 4.74 Å². The molecule has 2 rings (SSSR count). The molecular formula is C13H23N3OS. The van der Waals surface area contributed by atoms with Gasteiger partial charge in [0, 0.05) is 30.7 Å². The van der Waals surface area contributed by atoms with E-state index in [0.717, 1.165) is 45.9 Å². The Labute approximate surface area is 113 Å². The molecule has 1 saturated heterocycles. The number of thiazole rings is 1. The van der Waals surface area contributed by atoms with Crippen LogP contribution in [0, 0.1) is 0 Å². The van der Waals surface area contributed by atoms with Crippen molar-refractivity contribution in [1.29, 1.82) is 0 Å². The van der Waals surface area contributed by atoms with E-state index in [1.54, 1.807) is 0 Å². The zero-order valence-corrected chi connectivity index (χ0v) is 12.0. The van der Waals surface area contributed by atoms with E-state index in [-0.39, 0.29) is 0 Å². The fourth-order valence-electron chi connectivity index (χ4n) is 1.97. The molecule has 0 bridgehead atoms. The molecule has 1 aromatic rings. The molecule has 0 amide bonds. The van der Waals surface area contributed by atoms with Gasteiger partial charge in [0.05, 0.1) is 19.8 Å². The van der Waals surface area contributed by atoms with Crippen molar-refractivity contribution >= 4 is 11.3 Å². The molecule has 0 aromatic carbocycles. The summed E-state index contributed by atoms with van der Waals surface area (Å²) >= 11 is 1.83. The molecule has 0 spiro atoms. The summed E-state index contributed by atoms with van der Waals surface area (Å²) in [4.78, 5) is 8.26. The molecule has 0 unspecified atom stereocenters. The van der Waals surface area contributed by atoms with Crippen LogP contribution in [-0.2, 0) is 17.8 Å². The molecule has 102 valence electrons. The monoisotopic (exact) mass is 269 g/mol. The van der Waals surface area contributed by atoms with E-state index in [1.807, 2.05) is 17.5 Å². The van der Waals surface area contributed by atoms with Crippen LogP contribution in [-0.4, -0.2) is 42.7 Å². The van der Waals surface area contributed by atoms with Gasteiger partial charge in [-0.3, -0.25) is 4.90 Å². The molecule has 1 fully saturated rings. The summed E-state index contributed by atoms with van der Waals surface area (Å²) in [6, 6.07) is 0. The highest BCUT2D eigenvalue weighted by atomic mass is 32.1. The molecule has 5 heteroatoms. The number of rotatable bonds is 7. The first-order chi connectivity index (χ1) is 8.88. The largest absolute Gasteiger partial charge is 0.379 e. The normalized spacial score (nSPS) is 17.2. The third-order valence-electron chi connectivity index (χ3n) is 3.07. The minimum absolute atomic E-state index is 0.858. The minimum atomic E-state index is 0.858. The maximum absolute atomic E-state index is 5.35. The highest BCUT2D eigenvalue weighted by molar-refractivity contribution is 7.11. The predicted molar refractivity (Wildman–Crippen MR) is 74.8 cm³/mol. The predicted octanol–water partition coefficient (Wildman–Crippen LogP) is 1.86. The van der Waals surface area contributed by atoms with Gasteiger partial charge in [-0.25, -0.2) is 4.98 Å². The van der Waals surface area contributed by atoms with Crippen molar-refractivity contribution in [2.45, 2.75) is 32.9 Å². The van der Waals surface area contributed by atoms with Crippen LogP contribution in [0.5, 0.6) is 0 Å². The maximum Gasteiger partial charge on any atom is 0.107 e. The number of aromatic nitrogens is 1. The second kappa shape index (κ2) is 7.84. The number of hydrogen-bond acceptors (Lipinski definition) is 5. The molecule has 0 aliphatic carbocycles. The Hall–Kier alpha value is -0.490. The molecule has 0 radical (unpaired) electrons. The van der Waals surface area contributed by atoms with E-state index in [2.05, 4.69) is 22.1 Å². The Morgan fingerprint density at radius 3 is 3.06 bits per heavy atom. The van der Waals surface area contributed by atoms with Crippen molar-refractivity contribution in [3.63, 3.8) is 0 Å². The molecule has 18 heavy (non-hydrogen) atoms. The summed E-state index contributed by atoms with van der Waals surface area (Å²) in [7, 11) is 0. The third-order valence-corrected chi connectivity index (χ3v) is 4.05. The standard InChI is InChI=1S/C13H23N3OS/c1-2-3-4-14-9-12-10-15-13(18-12)11-16-5-7-17-8-6-16/h10,14H,2-9,11H2,1H3. The molecule has 2 heterocycles. The highest BCUT2D eigenvalue weighted by Crippen LogP contribution is 2.15. The fraction of sp³-hybridized carbons (Fsp3) is 0.769. The summed E-state index contributed by atoms with van der Waals surface area (Å²) in [5.74, 6) is 0. The van der Waals surface area contributed by atoms with Crippen LogP contribution in [0.4, 0.5) is 0 Å². The molecule has 1 N–H and O–H groups in total. The van der Waals surface area contributed by atoms with Crippen LogP contribution >= 0.6 is 11.3 Å². The Morgan fingerprint density at radius 2 is 2.28 bits per heavy atom. The summed E-state index contributed by atoms with van der Waals surface area (Å²) in [6.45, 7) is 9.03. The van der Waals surface area contributed by atoms with Crippen molar-refractivity contribution in [2.75, 3.05) is 32.8 Å². The van der Waals surface area contributed by atoms with Gasteiger partial charge in [0.1, 0.15) is 5.01 Å². The molecular weight excluding hydrogens is 246 g/mol. The lowest BCUT2D eigenvalue weighted by Crippen LogP contribution is -2.35. The molecule has 0 atom stereocenters. The van der Waals surface area contributed by atoms with Gasteiger partial charge < -0.3 is 10.1 Å². The van der Waals surface area contributed by atoms with Gasteiger partial charge in [-0.15, -0.1) is 11.3 Å². The van der Waals surface area contributed by atoms with Crippen molar-refractivity contribution in [2.24, 2.45) is 0 Å². The van der Waals surface area contributed by atoms with Crippen LogP contribution in [0.2, 0.25) is 0 Å². The first-order valence-corrected chi connectivity index (χ1v) is 7.64. The average molecular weight is 269 g/mol. The zero-order chi connectivity index (χ0) is 12.6. The molecule has 1 aliphatic rings. The van der Waals surface area contributed by atoms with Crippen LogP contribution < -0.4 is 5.32 Å². The average Bonchev–Trinajstić information content (AvgIpc) is 2.84. The van der Waals surface area contributed by atoms with Gasteiger partial charge in [-0.1, -0.05) is 13.3 Å². The Balaban J connectivity index is 1.71. The number of nitrogens with zero attached hydrogens (tertiary/aromatic N) is 2. The van der Waals surface area contributed by atoms with Crippen LogP contribution in [0.3, 0.4) is 0 Å². The second-order valence-corrected chi connectivity index (χ2v) is 5.84. The maximum atomic E-state index is 5.35. The van der Waals surface area contributed by atoms with Crippen LogP contribution in [0.15, 0.2) is 6.20 Å². The van der Waals surface area contributed by atoms with Gasteiger partial charge in [0.25, 0.3) is 0 Å². The summed E-state index contributed by atoms with van der Waals surface area (Å²) in [6.07, 6.45) is 4.51. The van der Waals surface area contributed by atoms with Crippen molar-refractivity contribution in [3.05, 3.63) is 16.1 Å². The van der Waals surface area contributed by atoms with Gasteiger partial charge in [0.15, 0.2) is 0 Å². The lowest BCUT2D eigenvalue weighted by atomic mass is 10.3. The van der Waals surface area contributed by atoms with E-state index in [1.165, 1.54) is 22.7 Å². The number of hydrogen-bond donors (Lipinski definition) is 1. The summed E-state index contributed by atoms with van der Waals surface area (Å²) < 4.78 is 5.35. The number of nitrogens with one attached hydrogen (secondary N) is 1. The second-order valence-electron chi connectivity index (χ2n) is 4.64. The third kappa shape index (κ3) is 4.65. The van der Waals surface area contributed by atoms with Crippen LogP contribution in [0.1, 0.15) is 29.7 Å². The van der Waals surface area contributed by atoms with E-state index < -0.39 is 0 Å². The first kappa shape index (κ1) is 13.9. The molecule has 0 saturated carbocycles. The number of unbranched alkanes of at least 4 members (excludes halogenated alkanes) is 1. The molecule has 1 aliphatic heterocycles. The number of ether oxygens (including phenoxy) is 1. The minimum Gasteiger partial charge on any atom is -0.379 e. The Bertz CT molecular complexity index is 337. The van der Waals surface area contributed by atoms with Gasteiger partial charge >= 0.3 is 0 Å². The summed E-state index contributed by atoms with van der Waals surface area (Å²) in [5.41, 5.74) is 0. The van der Waals surface area contributed by atoms with Gasteiger partial charge in [-0.05, 0) is 13.0 Å². The Kier molecular flexibility index (Phi) is 6.07. The topological polar surface area (TPSA) is 37.4 Å². The van der Waals surface area contributed by atoms with Crippen molar-refractivity contribution in [1.82, 2.24) is 15.2 Å².